The quantitative estimate of drug-likeness (QED) is 0.565. The molecule has 4 amide bonds. The highest BCUT2D eigenvalue weighted by Gasteiger charge is 2.54. The Morgan fingerprint density at radius 2 is 1.65 bits per heavy atom. The van der Waals surface area contributed by atoms with Crippen LogP contribution in [-0.4, -0.2) is 29.3 Å². The predicted molar refractivity (Wildman–Crippen MR) is 130 cm³/mol. The Labute approximate surface area is 199 Å². The molecule has 34 heavy (non-hydrogen) atoms. The smallest absolute Gasteiger partial charge is 0.325 e. The fourth-order valence-corrected chi connectivity index (χ4v) is 5.06. The van der Waals surface area contributed by atoms with E-state index in [1.54, 1.807) is 0 Å². The lowest BCUT2D eigenvalue weighted by atomic mass is 9.76. The molecule has 1 fully saturated rings. The summed E-state index contributed by atoms with van der Waals surface area (Å²) in [6.07, 6.45) is 2.22. The lowest BCUT2D eigenvalue weighted by Gasteiger charge is -2.33. The number of urea groups is 1. The van der Waals surface area contributed by atoms with Crippen LogP contribution in [0.4, 0.5) is 4.79 Å². The van der Waals surface area contributed by atoms with Gasteiger partial charge in [0, 0.05) is 0 Å². The number of fused-ring (bicyclic) bond motifs is 2. The molecule has 3 aromatic carbocycles. The van der Waals surface area contributed by atoms with E-state index in [1.165, 1.54) is 0 Å². The van der Waals surface area contributed by atoms with E-state index in [9.17, 15) is 14.4 Å². The van der Waals surface area contributed by atoms with Gasteiger partial charge in [-0.25, -0.2) is 4.79 Å². The molecule has 1 saturated heterocycles. The van der Waals surface area contributed by atoms with Gasteiger partial charge in [0.05, 0.1) is 6.04 Å². The highest BCUT2D eigenvalue weighted by molar-refractivity contribution is 6.09. The molecule has 0 aromatic heterocycles. The first-order valence-electron chi connectivity index (χ1n) is 11.7. The fourth-order valence-electron chi connectivity index (χ4n) is 5.06. The summed E-state index contributed by atoms with van der Waals surface area (Å²) in [5.41, 5.74) is 4.02. The van der Waals surface area contributed by atoms with Gasteiger partial charge in [0.2, 0.25) is 5.91 Å². The van der Waals surface area contributed by atoms with Gasteiger partial charge in [-0.15, -0.1) is 0 Å². The second-order valence-electron chi connectivity index (χ2n) is 9.01. The summed E-state index contributed by atoms with van der Waals surface area (Å²) in [6.45, 7) is 1.58. The molecule has 0 saturated carbocycles. The van der Waals surface area contributed by atoms with Gasteiger partial charge in [-0.2, -0.15) is 0 Å². The number of carbonyl (C=O) groups excluding carboxylic acids is 3. The number of nitrogens with zero attached hydrogens (tertiary/aromatic N) is 1. The Balaban J connectivity index is 1.26. The van der Waals surface area contributed by atoms with E-state index in [0.717, 1.165) is 45.6 Å². The summed E-state index contributed by atoms with van der Waals surface area (Å²) in [5, 5.41) is 5.82. The average molecular weight is 454 g/mol. The van der Waals surface area contributed by atoms with E-state index in [-0.39, 0.29) is 24.4 Å². The van der Waals surface area contributed by atoms with Gasteiger partial charge in [0.1, 0.15) is 12.1 Å². The third kappa shape index (κ3) is 3.85. The van der Waals surface area contributed by atoms with Crippen molar-refractivity contribution in [3.8, 4) is 11.1 Å². The van der Waals surface area contributed by atoms with Crippen LogP contribution in [0.3, 0.4) is 0 Å². The Morgan fingerprint density at radius 3 is 2.41 bits per heavy atom. The van der Waals surface area contributed by atoms with Crippen LogP contribution in [-0.2, 0) is 21.5 Å². The minimum absolute atomic E-state index is 0.262. The maximum Gasteiger partial charge on any atom is 0.325 e. The number of imide groups is 1. The van der Waals surface area contributed by atoms with Gasteiger partial charge >= 0.3 is 6.03 Å². The largest absolute Gasteiger partial charge is 0.348 e. The molecule has 172 valence electrons. The highest BCUT2D eigenvalue weighted by Crippen LogP contribution is 2.39. The van der Waals surface area contributed by atoms with Crippen LogP contribution in [0.2, 0.25) is 0 Å². The Morgan fingerprint density at radius 1 is 0.971 bits per heavy atom. The number of hydrogen-bond acceptors (Lipinski definition) is 3. The number of rotatable bonds is 5. The van der Waals surface area contributed by atoms with Crippen molar-refractivity contribution in [3.05, 3.63) is 95.6 Å². The van der Waals surface area contributed by atoms with Crippen LogP contribution in [0.5, 0.6) is 0 Å². The molecule has 6 heteroatoms. The number of benzene rings is 3. The third-order valence-electron chi connectivity index (χ3n) is 6.85. The first-order valence-corrected chi connectivity index (χ1v) is 11.7. The third-order valence-corrected chi connectivity index (χ3v) is 6.85. The van der Waals surface area contributed by atoms with E-state index < -0.39 is 11.6 Å². The minimum Gasteiger partial charge on any atom is -0.348 e. The number of amides is 4. The molecule has 2 aliphatic rings. The van der Waals surface area contributed by atoms with Crippen LogP contribution < -0.4 is 10.6 Å². The fraction of sp³-hybridized carbons (Fsp3) is 0.250. The van der Waals surface area contributed by atoms with Crippen LogP contribution in [0, 0.1) is 0 Å². The minimum atomic E-state index is -1.06. The second kappa shape index (κ2) is 8.78. The van der Waals surface area contributed by atoms with Crippen molar-refractivity contribution in [1.82, 2.24) is 15.5 Å². The van der Waals surface area contributed by atoms with Crippen LogP contribution in [0.15, 0.2) is 78.9 Å². The number of nitrogens with one attached hydrogen (secondary N) is 2. The van der Waals surface area contributed by atoms with Crippen molar-refractivity contribution >= 4 is 17.8 Å². The molecule has 0 unspecified atom stereocenters. The van der Waals surface area contributed by atoms with Crippen molar-refractivity contribution < 1.29 is 14.4 Å². The lowest BCUT2D eigenvalue weighted by molar-refractivity contribution is -0.135. The molecule has 1 heterocycles. The van der Waals surface area contributed by atoms with E-state index in [4.69, 9.17) is 0 Å². The van der Waals surface area contributed by atoms with E-state index in [0.29, 0.717) is 6.42 Å². The normalized spacial score (nSPS) is 20.1. The summed E-state index contributed by atoms with van der Waals surface area (Å²) in [6, 6.07) is 25.0. The van der Waals surface area contributed by atoms with Crippen molar-refractivity contribution in [2.45, 2.75) is 37.8 Å². The maximum atomic E-state index is 13.4. The van der Waals surface area contributed by atoms with Crippen LogP contribution in [0.25, 0.3) is 11.1 Å². The molecule has 1 spiro atoms. The Hall–Kier alpha value is -3.93. The zero-order valence-corrected chi connectivity index (χ0v) is 19.1. The second-order valence-corrected chi connectivity index (χ2v) is 9.01. The molecular formula is C28H27N3O3. The maximum absolute atomic E-state index is 13.4. The molecular weight excluding hydrogens is 426 g/mol. The highest BCUT2D eigenvalue weighted by atomic mass is 16.2. The first-order chi connectivity index (χ1) is 16.5. The van der Waals surface area contributed by atoms with Crippen molar-refractivity contribution in [2.75, 3.05) is 6.54 Å². The standard InChI is InChI=1S/C28H27N3O3/c1-19(20-13-15-22(16-14-20)21-8-3-2-4-9-21)29-25(32)18-31-26(33)28(30-27(31)34)17-7-11-23-10-5-6-12-24(23)28/h2-6,8-10,12-16,19H,7,11,17-18H2,1H3,(H,29,32)(H,30,34)/t19-,28+/m1/s1. The zero-order valence-electron chi connectivity index (χ0n) is 19.1. The van der Waals surface area contributed by atoms with E-state index >= 15 is 0 Å². The van der Waals surface area contributed by atoms with Gasteiger partial charge < -0.3 is 10.6 Å². The summed E-state index contributed by atoms with van der Waals surface area (Å²) in [4.78, 5) is 40.0. The molecule has 0 radical (unpaired) electrons. The molecule has 3 aromatic rings. The van der Waals surface area contributed by atoms with Gasteiger partial charge in [-0.3, -0.25) is 14.5 Å². The first kappa shape index (κ1) is 21.9. The van der Waals surface area contributed by atoms with Crippen molar-refractivity contribution in [1.29, 1.82) is 0 Å². The summed E-state index contributed by atoms with van der Waals surface area (Å²) < 4.78 is 0. The monoisotopic (exact) mass is 453 g/mol. The molecule has 1 aliphatic carbocycles. The lowest BCUT2D eigenvalue weighted by Crippen LogP contribution is -2.47. The van der Waals surface area contributed by atoms with Crippen LogP contribution >= 0.6 is 0 Å². The Bertz CT molecular complexity index is 1240. The SMILES string of the molecule is C[C@@H](NC(=O)CN1C(=O)N[C@]2(CCCc3ccccc32)C1=O)c1ccc(-c2ccccc2)cc1. The number of aryl methyl sites for hydroxylation is 1. The van der Waals surface area contributed by atoms with Crippen molar-refractivity contribution in [2.24, 2.45) is 0 Å². The van der Waals surface area contributed by atoms with E-state index in [1.807, 2.05) is 73.7 Å². The van der Waals surface area contributed by atoms with Gasteiger partial charge in [0.25, 0.3) is 5.91 Å². The van der Waals surface area contributed by atoms with E-state index in [2.05, 4.69) is 22.8 Å². The van der Waals surface area contributed by atoms with Gasteiger partial charge in [0.15, 0.2) is 0 Å². The molecule has 6 nitrogen and oxygen atoms in total. The molecule has 2 atom stereocenters. The predicted octanol–water partition coefficient (Wildman–Crippen LogP) is 4.31. The summed E-state index contributed by atoms with van der Waals surface area (Å²) in [7, 11) is 0. The molecule has 0 bridgehead atoms. The molecule has 2 N–H and O–H groups in total. The van der Waals surface area contributed by atoms with Crippen LogP contribution in [0.1, 0.15) is 42.5 Å². The van der Waals surface area contributed by atoms with Gasteiger partial charge in [-0.1, -0.05) is 78.9 Å². The van der Waals surface area contributed by atoms with Crippen molar-refractivity contribution in [3.63, 3.8) is 0 Å². The molecule has 5 rings (SSSR count). The topological polar surface area (TPSA) is 78.5 Å². The summed E-state index contributed by atoms with van der Waals surface area (Å²) in [5.74, 6) is -0.719. The molecule has 1 aliphatic heterocycles. The van der Waals surface area contributed by atoms with Gasteiger partial charge in [-0.05, 0) is 54.0 Å². The number of carbonyl (C=O) groups is 3. The number of hydrogen-bond donors (Lipinski definition) is 2. The average Bonchev–Trinajstić information content (AvgIpc) is 3.09. The summed E-state index contributed by atoms with van der Waals surface area (Å²) >= 11 is 0. The zero-order chi connectivity index (χ0) is 23.7. The Kier molecular flexibility index (Phi) is 5.65.